The maximum absolute atomic E-state index is 12.0. The van der Waals surface area contributed by atoms with Crippen molar-refractivity contribution >= 4 is 5.78 Å². The van der Waals surface area contributed by atoms with Crippen molar-refractivity contribution < 1.29 is 9.53 Å². The van der Waals surface area contributed by atoms with Gasteiger partial charge >= 0.3 is 0 Å². The molecule has 6 atom stereocenters. The van der Waals surface area contributed by atoms with Crippen molar-refractivity contribution in [3.05, 3.63) is 23.3 Å². The number of carbonyl (C=O) groups excluding carboxylic acids is 1. The molecule has 5 aliphatic carbocycles. The lowest BCUT2D eigenvalue weighted by molar-refractivity contribution is -0.122. The van der Waals surface area contributed by atoms with Crippen LogP contribution in [-0.2, 0) is 9.53 Å². The molecule has 6 aliphatic rings. The normalized spacial score (nSPS) is 54.5. The molecule has 1 unspecified atom stereocenters. The lowest BCUT2D eigenvalue weighted by atomic mass is 9.49. The van der Waals surface area contributed by atoms with Crippen LogP contribution in [0, 0.1) is 28.6 Å². The summed E-state index contributed by atoms with van der Waals surface area (Å²) in [6.45, 7) is 3.43. The van der Waals surface area contributed by atoms with Crippen LogP contribution in [0.2, 0.25) is 0 Å². The van der Waals surface area contributed by atoms with Gasteiger partial charge in [-0.15, -0.1) is 0 Å². The molecule has 1 heterocycles. The second kappa shape index (κ2) is 4.26. The van der Waals surface area contributed by atoms with E-state index in [-0.39, 0.29) is 5.60 Å². The van der Waals surface area contributed by atoms with Crippen molar-refractivity contribution in [2.24, 2.45) is 28.6 Å². The molecule has 0 N–H and O–H groups in total. The second-order valence-electron chi connectivity index (χ2n) is 9.61. The minimum Gasteiger partial charge on any atom is -0.369 e. The van der Waals surface area contributed by atoms with E-state index in [1.807, 2.05) is 0 Å². The quantitative estimate of drug-likeness (QED) is 0.609. The summed E-state index contributed by atoms with van der Waals surface area (Å²) in [6.07, 6.45) is 15.4. The monoisotopic (exact) mass is 324 g/mol. The van der Waals surface area contributed by atoms with E-state index >= 15 is 0 Å². The van der Waals surface area contributed by atoms with Crippen molar-refractivity contribution in [2.45, 2.75) is 70.3 Å². The Hall–Kier alpha value is -0.890. The molecule has 0 amide bonds. The molecule has 2 nitrogen and oxygen atoms in total. The molecule has 0 aromatic heterocycles. The predicted octanol–water partition coefficient (Wildman–Crippen LogP) is 4.60. The zero-order valence-corrected chi connectivity index (χ0v) is 14.8. The van der Waals surface area contributed by atoms with Crippen molar-refractivity contribution in [3.63, 3.8) is 0 Å². The molecule has 4 fully saturated rings. The Labute approximate surface area is 144 Å². The van der Waals surface area contributed by atoms with Crippen LogP contribution >= 0.6 is 0 Å². The highest BCUT2D eigenvalue weighted by molar-refractivity contribution is 5.82. The molecule has 0 radical (unpaired) electrons. The first kappa shape index (κ1) is 14.3. The summed E-state index contributed by atoms with van der Waals surface area (Å²) in [5.41, 5.74) is 4.11. The third-order valence-electron chi connectivity index (χ3n) is 9.21. The molecule has 0 bridgehead atoms. The fourth-order valence-electron chi connectivity index (χ4n) is 8.23. The second-order valence-corrected chi connectivity index (χ2v) is 9.61. The highest BCUT2D eigenvalue weighted by Gasteiger charge is 2.81. The summed E-state index contributed by atoms with van der Waals surface area (Å²) in [5, 5.41) is 0. The molecular weight excluding hydrogens is 296 g/mol. The molecule has 6 rings (SSSR count). The topological polar surface area (TPSA) is 26.3 Å². The molecular formula is C22H28O2. The number of fused-ring (bicyclic) bond motifs is 4. The number of carbonyl (C=O) groups is 1. The first-order valence-electron chi connectivity index (χ1n) is 10.2. The molecule has 1 aliphatic heterocycles. The van der Waals surface area contributed by atoms with Crippen LogP contribution < -0.4 is 0 Å². The van der Waals surface area contributed by atoms with Gasteiger partial charge in [-0.05, 0) is 73.7 Å². The van der Waals surface area contributed by atoms with E-state index in [4.69, 9.17) is 4.74 Å². The molecule has 0 aromatic rings. The van der Waals surface area contributed by atoms with Gasteiger partial charge in [-0.2, -0.15) is 0 Å². The van der Waals surface area contributed by atoms with Gasteiger partial charge in [0.25, 0.3) is 0 Å². The maximum Gasteiger partial charge on any atom is 0.136 e. The van der Waals surface area contributed by atoms with Gasteiger partial charge in [0.05, 0.1) is 12.2 Å². The van der Waals surface area contributed by atoms with Gasteiger partial charge in [-0.3, -0.25) is 4.79 Å². The van der Waals surface area contributed by atoms with E-state index in [0.717, 1.165) is 50.0 Å². The van der Waals surface area contributed by atoms with Crippen molar-refractivity contribution in [1.82, 2.24) is 0 Å². The van der Waals surface area contributed by atoms with Crippen molar-refractivity contribution in [2.75, 3.05) is 6.61 Å². The molecule has 4 saturated carbocycles. The third-order valence-corrected chi connectivity index (χ3v) is 9.21. The molecule has 2 spiro atoms. The van der Waals surface area contributed by atoms with Crippen LogP contribution in [0.1, 0.15) is 64.7 Å². The number of ketones is 1. The molecule has 2 heteroatoms. The van der Waals surface area contributed by atoms with Gasteiger partial charge in [0.1, 0.15) is 5.78 Å². The maximum atomic E-state index is 12.0. The Morgan fingerprint density at radius 2 is 2.00 bits per heavy atom. The zero-order chi connectivity index (χ0) is 16.2. The van der Waals surface area contributed by atoms with Crippen molar-refractivity contribution in [1.29, 1.82) is 0 Å². The van der Waals surface area contributed by atoms with E-state index in [0.29, 0.717) is 16.6 Å². The summed E-state index contributed by atoms with van der Waals surface area (Å²) in [4.78, 5) is 12.0. The van der Waals surface area contributed by atoms with Gasteiger partial charge in [0.2, 0.25) is 0 Å². The van der Waals surface area contributed by atoms with Gasteiger partial charge in [0, 0.05) is 18.3 Å². The Morgan fingerprint density at radius 1 is 1.12 bits per heavy atom. The zero-order valence-electron chi connectivity index (χ0n) is 14.8. The van der Waals surface area contributed by atoms with E-state index in [1.54, 1.807) is 5.57 Å². The van der Waals surface area contributed by atoms with Crippen LogP contribution in [0.15, 0.2) is 23.3 Å². The average Bonchev–Trinajstić information content (AvgIpc) is 3.02. The van der Waals surface area contributed by atoms with Gasteiger partial charge in [-0.1, -0.05) is 24.6 Å². The summed E-state index contributed by atoms with van der Waals surface area (Å²) in [6, 6.07) is 0. The third kappa shape index (κ3) is 1.36. The molecule has 0 aromatic carbocycles. The Kier molecular flexibility index (Phi) is 2.54. The van der Waals surface area contributed by atoms with E-state index in [9.17, 15) is 4.79 Å². The minimum absolute atomic E-state index is 0.175. The highest BCUT2D eigenvalue weighted by atomic mass is 16.5. The number of allylic oxidation sites excluding steroid dienone is 2. The molecule has 128 valence electrons. The molecule has 24 heavy (non-hydrogen) atoms. The van der Waals surface area contributed by atoms with E-state index < -0.39 is 0 Å². The van der Waals surface area contributed by atoms with E-state index in [2.05, 4.69) is 19.1 Å². The van der Waals surface area contributed by atoms with E-state index in [1.165, 1.54) is 37.7 Å². The largest absolute Gasteiger partial charge is 0.369 e. The Morgan fingerprint density at radius 3 is 2.88 bits per heavy atom. The standard InChI is InChI=1S/C22H28O2/c1-20-9-6-15(23)13-14(20)4-5-16-17(20)7-10-21-18(16)8-11-22(21)19(21)3-2-12-24-22/h3-4,16-18H,2,5-13H2,1H3/t16-,17+,18+,20+,21+,22?/m1/s1. The fourth-order valence-corrected chi connectivity index (χ4v) is 8.23. The van der Waals surface area contributed by atoms with Crippen LogP contribution in [0.3, 0.4) is 0 Å². The number of hydrogen-bond donors (Lipinski definition) is 0. The Bertz CT molecular complexity index is 703. The van der Waals surface area contributed by atoms with Crippen LogP contribution in [0.25, 0.3) is 0 Å². The van der Waals surface area contributed by atoms with Gasteiger partial charge < -0.3 is 4.74 Å². The summed E-state index contributed by atoms with van der Waals surface area (Å²) in [7, 11) is 0. The minimum atomic E-state index is 0.175. The number of rotatable bonds is 0. The van der Waals surface area contributed by atoms with Crippen LogP contribution in [0.4, 0.5) is 0 Å². The smallest absolute Gasteiger partial charge is 0.136 e. The number of ether oxygens (including phenoxy) is 1. The van der Waals surface area contributed by atoms with Gasteiger partial charge in [-0.25, -0.2) is 0 Å². The number of hydrogen-bond acceptors (Lipinski definition) is 2. The Balaban J connectivity index is 1.40. The summed E-state index contributed by atoms with van der Waals surface area (Å²) < 4.78 is 6.42. The predicted molar refractivity (Wildman–Crippen MR) is 92.4 cm³/mol. The van der Waals surface area contributed by atoms with Gasteiger partial charge in [0.15, 0.2) is 0 Å². The highest BCUT2D eigenvalue weighted by Crippen LogP contribution is 2.82. The summed E-state index contributed by atoms with van der Waals surface area (Å²) in [5.74, 6) is 2.94. The number of Topliss-reactive ketones (excluding diaryl/α,β-unsaturated/α-hetero) is 1. The lowest BCUT2D eigenvalue weighted by Crippen LogP contribution is -2.48. The first-order chi connectivity index (χ1) is 11.6. The molecule has 0 saturated heterocycles. The van der Waals surface area contributed by atoms with Crippen LogP contribution in [0.5, 0.6) is 0 Å². The summed E-state index contributed by atoms with van der Waals surface area (Å²) >= 11 is 0. The lowest BCUT2D eigenvalue weighted by Gasteiger charge is -2.54. The first-order valence-corrected chi connectivity index (χ1v) is 10.2. The van der Waals surface area contributed by atoms with Crippen LogP contribution in [-0.4, -0.2) is 18.0 Å². The van der Waals surface area contributed by atoms with Crippen molar-refractivity contribution in [3.8, 4) is 0 Å². The SMILES string of the molecule is C[C@]12CCC(=O)CC1=CC[C@@H]1[C@@H]2CC[C@]23C4=CCCOC42CC[C@@H]13. The fraction of sp³-hybridized carbons (Fsp3) is 0.773. The average molecular weight is 324 g/mol.